The van der Waals surface area contributed by atoms with Gasteiger partial charge in [-0.05, 0) is 32.1 Å². The number of hydrogen-bond acceptors (Lipinski definition) is 4. The van der Waals surface area contributed by atoms with E-state index >= 15 is 0 Å². The Labute approximate surface area is 124 Å². The largest absolute Gasteiger partial charge is 0.360 e. The van der Waals surface area contributed by atoms with Gasteiger partial charge in [0.05, 0.1) is 6.54 Å². The van der Waals surface area contributed by atoms with Crippen molar-refractivity contribution in [2.75, 3.05) is 18.4 Å². The number of amides is 2. The van der Waals surface area contributed by atoms with Crippen LogP contribution in [0.15, 0.2) is 10.6 Å². The first kappa shape index (κ1) is 15.5. The third kappa shape index (κ3) is 5.21. The van der Waals surface area contributed by atoms with E-state index in [4.69, 9.17) is 4.52 Å². The number of carbonyl (C=O) groups is 2. The number of aryl methyl sites for hydroxylation is 1. The third-order valence-corrected chi connectivity index (χ3v) is 3.50. The van der Waals surface area contributed by atoms with Crippen LogP contribution in [0.25, 0.3) is 0 Å². The van der Waals surface area contributed by atoms with Crippen LogP contribution < -0.4 is 5.32 Å². The average Bonchev–Trinajstić information content (AvgIpc) is 3.17. The molecule has 2 amide bonds. The van der Waals surface area contributed by atoms with Crippen molar-refractivity contribution < 1.29 is 14.1 Å². The van der Waals surface area contributed by atoms with Gasteiger partial charge in [0.2, 0.25) is 11.8 Å². The van der Waals surface area contributed by atoms with Gasteiger partial charge in [-0.25, -0.2) is 0 Å². The third-order valence-electron chi connectivity index (χ3n) is 3.50. The molecule has 21 heavy (non-hydrogen) atoms. The molecule has 2 rings (SSSR count). The number of nitrogens with zero attached hydrogens (tertiary/aromatic N) is 2. The van der Waals surface area contributed by atoms with E-state index in [0.29, 0.717) is 30.5 Å². The Kier molecular flexibility index (Phi) is 5.36. The van der Waals surface area contributed by atoms with E-state index in [0.717, 1.165) is 25.7 Å². The van der Waals surface area contributed by atoms with Gasteiger partial charge < -0.3 is 14.7 Å². The zero-order chi connectivity index (χ0) is 15.2. The molecule has 0 atom stereocenters. The van der Waals surface area contributed by atoms with Gasteiger partial charge in [0.15, 0.2) is 5.82 Å². The first-order valence-corrected chi connectivity index (χ1v) is 7.59. The number of aromatic nitrogens is 1. The first-order chi connectivity index (χ1) is 10.1. The molecular weight excluding hydrogens is 270 g/mol. The van der Waals surface area contributed by atoms with E-state index in [1.165, 1.54) is 0 Å². The molecule has 6 heteroatoms. The van der Waals surface area contributed by atoms with Crippen LogP contribution >= 0.6 is 0 Å². The molecule has 0 radical (unpaired) electrons. The summed E-state index contributed by atoms with van der Waals surface area (Å²) in [6.07, 6.45) is 4.67. The molecule has 0 bridgehead atoms. The summed E-state index contributed by atoms with van der Waals surface area (Å²) < 4.78 is 4.90. The minimum absolute atomic E-state index is 0.0650. The predicted octanol–water partition coefficient (Wildman–Crippen LogP) is 2.35. The van der Waals surface area contributed by atoms with Crippen molar-refractivity contribution in [3.8, 4) is 0 Å². The maximum Gasteiger partial charge on any atom is 0.245 e. The van der Waals surface area contributed by atoms with Crippen molar-refractivity contribution in [3.05, 3.63) is 11.8 Å². The number of carbonyl (C=O) groups excluding carboxylic acids is 2. The lowest BCUT2D eigenvalue weighted by Crippen LogP contribution is -2.39. The van der Waals surface area contributed by atoms with Gasteiger partial charge in [-0.1, -0.05) is 18.5 Å². The fourth-order valence-corrected chi connectivity index (χ4v) is 2.13. The normalized spacial score (nSPS) is 14.0. The van der Waals surface area contributed by atoms with Crippen LogP contribution in [0.5, 0.6) is 0 Å². The van der Waals surface area contributed by atoms with Crippen LogP contribution in [0.1, 0.15) is 44.8 Å². The van der Waals surface area contributed by atoms with Gasteiger partial charge in [-0.15, -0.1) is 0 Å². The summed E-state index contributed by atoms with van der Waals surface area (Å²) in [5.74, 6) is 1.44. The molecule has 1 heterocycles. The highest BCUT2D eigenvalue weighted by molar-refractivity contribution is 5.93. The van der Waals surface area contributed by atoms with Gasteiger partial charge in [0.1, 0.15) is 5.76 Å². The van der Waals surface area contributed by atoms with Crippen LogP contribution in [0.4, 0.5) is 5.82 Å². The molecule has 1 fully saturated rings. The number of anilines is 1. The molecule has 0 aromatic carbocycles. The van der Waals surface area contributed by atoms with Crippen LogP contribution in [0.3, 0.4) is 0 Å². The van der Waals surface area contributed by atoms with E-state index in [1.54, 1.807) is 17.9 Å². The van der Waals surface area contributed by atoms with Crippen molar-refractivity contribution in [2.24, 2.45) is 5.92 Å². The predicted molar refractivity (Wildman–Crippen MR) is 78.7 cm³/mol. The Morgan fingerprint density at radius 3 is 2.81 bits per heavy atom. The van der Waals surface area contributed by atoms with Crippen LogP contribution in [-0.2, 0) is 9.59 Å². The Bertz CT molecular complexity index is 494. The second kappa shape index (κ2) is 7.24. The van der Waals surface area contributed by atoms with E-state index in [2.05, 4.69) is 17.4 Å². The lowest BCUT2D eigenvalue weighted by Gasteiger charge is -2.21. The second-order valence-corrected chi connectivity index (χ2v) is 5.69. The highest BCUT2D eigenvalue weighted by Crippen LogP contribution is 2.30. The smallest absolute Gasteiger partial charge is 0.245 e. The fraction of sp³-hybridized carbons (Fsp3) is 0.667. The fourth-order valence-electron chi connectivity index (χ4n) is 2.13. The van der Waals surface area contributed by atoms with E-state index in [-0.39, 0.29) is 18.4 Å². The molecule has 1 aliphatic carbocycles. The Balaban J connectivity index is 1.87. The van der Waals surface area contributed by atoms with Gasteiger partial charge >= 0.3 is 0 Å². The van der Waals surface area contributed by atoms with E-state index in [9.17, 15) is 9.59 Å². The van der Waals surface area contributed by atoms with Crippen LogP contribution in [0, 0.1) is 12.8 Å². The molecule has 6 nitrogen and oxygen atoms in total. The zero-order valence-corrected chi connectivity index (χ0v) is 12.7. The molecule has 1 N–H and O–H groups in total. The summed E-state index contributed by atoms with van der Waals surface area (Å²) in [5, 5.41) is 6.38. The molecule has 1 aromatic rings. The highest BCUT2D eigenvalue weighted by Gasteiger charge is 2.27. The maximum atomic E-state index is 12.2. The van der Waals surface area contributed by atoms with E-state index < -0.39 is 0 Å². The van der Waals surface area contributed by atoms with Crippen molar-refractivity contribution in [3.63, 3.8) is 0 Å². The lowest BCUT2D eigenvalue weighted by atomic mass is 10.2. The van der Waals surface area contributed by atoms with Crippen LogP contribution in [-0.4, -0.2) is 35.0 Å². The summed E-state index contributed by atoms with van der Waals surface area (Å²) in [6, 6.07) is 1.65. The summed E-state index contributed by atoms with van der Waals surface area (Å²) >= 11 is 0. The molecule has 1 aromatic heterocycles. The Morgan fingerprint density at radius 1 is 1.48 bits per heavy atom. The molecule has 0 aliphatic heterocycles. The molecule has 0 saturated heterocycles. The highest BCUT2D eigenvalue weighted by atomic mass is 16.5. The van der Waals surface area contributed by atoms with Crippen molar-refractivity contribution >= 4 is 17.6 Å². The maximum absolute atomic E-state index is 12.2. The summed E-state index contributed by atoms with van der Waals surface area (Å²) in [5.41, 5.74) is 0. The molecule has 1 saturated carbocycles. The Morgan fingerprint density at radius 2 is 2.24 bits per heavy atom. The minimum atomic E-state index is -0.228. The van der Waals surface area contributed by atoms with Crippen LogP contribution in [0.2, 0.25) is 0 Å². The average molecular weight is 293 g/mol. The molecule has 1 aliphatic rings. The molecule has 0 spiro atoms. The molecule has 116 valence electrons. The number of unbranched alkanes of at least 4 members (excludes halogenated alkanes) is 1. The SMILES string of the molecule is CCCCC(=O)N(CC(=O)Nc1cc(C)on1)CC1CC1. The number of hydrogen-bond donors (Lipinski definition) is 1. The molecular formula is C15H23N3O3. The first-order valence-electron chi connectivity index (χ1n) is 7.59. The lowest BCUT2D eigenvalue weighted by molar-refractivity contribution is -0.135. The van der Waals surface area contributed by atoms with Gasteiger partial charge in [0, 0.05) is 19.0 Å². The number of rotatable bonds is 8. The topological polar surface area (TPSA) is 75.4 Å². The van der Waals surface area contributed by atoms with Gasteiger partial charge in [0.25, 0.3) is 0 Å². The quantitative estimate of drug-likeness (QED) is 0.798. The summed E-state index contributed by atoms with van der Waals surface area (Å²) in [4.78, 5) is 25.9. The minimum Gasteiger partial charge on any atom is -0.360 e. The molecule has 0 unspecified atom stereocenters. The van der Waals surface area contributed by atoms with Crippen molar-refractivity contribution in [1.29, 1.82) is 0 Å². The van der Waals surface area contributed by atoms with Gasteiger partial charge in [-0.3, -0.25) is 9.59 Å². The monoisotopic (exact) mass is 293 g/mol. The van der Waals surface area contributed by atoms with Crippen molar-refractivity contribution in [1.82, 2.24) is 10.1 Å². The Hall–Kier alpha value is -1.85. The second-order valence-electron chi connectivity index (χ2n) is 5.69. The van der Waals surface area contributed by atoms with Gasteiger partial charge in [-0.2, -0.15) is 0 Å². The summed E-state index contributed by atoms with van der Waals surface area (Å²) in [6.45, 7) is 4.59. The number of nitrogens with one attached hydrogen (secondary N) is 1. The summed E-state index contributed by atoms with van der Waals surface area (Å²) in [7, 11) is 0. The zero-order valence-electron chi connectivity index (χ0n) is 12.7. The van der Waals surface area contributed by atoms with E-state index in [1.807, 2.05) is 0 Å². The standard InChI is InChI=1S/C15H23N3O3/c1-3-4-5-15(20)18(9-12-6-7-12)10-14(19)16-13-8-11(2)21-17-13/h8,12H,3-7,9-10H2,1-2H3,(H,16,17,19). The van der Waals surface area contributed by atoms with Crippen molar-refractivity contribution in [2.45, 2.75) is 46.0 Å².